The number of nitrogens with one attached hydrogen (secondary N) is 1. The van der Waals surface area contributed by atoms with Crippen LogP contribution in [0.5, 0.6) is 0 Å². The van der Waals surface area contributed by atoms with Gasteiger partial charge in [-0.3, -0.25) is 4.57 Å². The molecular weight excluding hydrogens is 532 g/mol. The van der Waals surface area contributed by atoms with E-state index in [4.69, 9.17) is 9.98 Å². The van der Waals surface area contributed by atoms with Crippen LogP contribution in [0.25, 0.3) is 32.9 Å². The van der Waals surface area contributed by atoms with Gasteiger partial charge in [0.05, 0.1) is 11.0 Å². The summed E-state index contributed by atoms with van der Waals surface area (Å²) in [5.74, 6) is 1.60. The molecule has 0 saturated heterocycles. The smallest absolute Gasteiger partial charge is 0.224 e. The van der Waals surface area contributed by atoms with Gasteiger partial charge in [-0.25, -0.2) is 9.98 Å². The van der Waals surface area contributed by atoms with Crippen LogP contribution >= 0.6 is 15.9 Å². The standard InChI is InChI=1S/C33H23BrN4/c34-26-19-20-30-28(21-26)27-13-7-8-14-29(27)38(30)33-36-31(24-11-5-2-6-12-24)35-32(37-33)25-17-15-23(16-18-25)22-9-3-1-4-10-22/h1-21,33H,(H,35,36,37). The Morgan fingerprint density at radius 3 is 1.76 bits per heavy atom. The molecule has 0 saturated carbocycles. The minimum absolute atomic E-state index is 0.459. The van der Waals surface area contributed by atoms with Crippen LogP contribution < -0.4 is 5.32 Å². The van der Waals surface area contributed by atoms with Crippen molar-refractivity contribution in [3.8, 4) is 11.1 Å². The highest BCUT2D eigenvalue weighted by Crippen LogP contribution is 2.35. The first kappa shape index (κ1) is 22.7. The molecule has 1 N–H and O–H groups in total. The molecule has 7 rings (SSSR count). The van der Waals surface area contributed by atoms with E-state index in [2.05, 4.69) is 129 Å². The lowest BCUT2D eigenvalue weighted by atomic mass is 10.0. The lowest BCUT2D eigenvalue weighted by Gasteiger charge is -2.24. The van der Waals surface area contributed by atoms with Gasteiger partial charge < -0.3 is 5.32 Å². The molecule has 4 nitrogen and oxygen atoms in total. The number of amidine groups is 2. The molecule has 2 heterocycles. The van der Waals surface area contributed by atoms with E-state index in [1.807, 2.05) is 24.3 Å². The average Bonchev–Trinajstić information content (AvgIpc) is 3.31. The molecule has 1 aliphatic heterocycles. The highest BCUT2D eigenvalue weighted by Gasteiger charge is 2.24. The van der Waals surface area contributed by atoms with E-state index < -0.39 is 6.29 Å². The molecule has 0 fully saturated rings. The first-order chi connectivity index (χ1) is 18.7. The Kier molecular flexibility index (Phi) is 5.64. The maximum atomic E-state index is 5.16. The molecule has 0 bridgehead atoms. The van der Waals surface area contributed by atoms with Gasteiger partial charge in [-0.05, 0) is 35.4 Å². The molecule has 1 aliphatic rings. The molecule has 5 heteroatoms. The van der Waals surface area contributed by atoms with Gasteiger partial charge in [0.1, 0.15) is 11.7 Å². The van der Waals surface area contributed by atoms with Crippen molar-refractivity contribution in [2.75, 3.05) is 0 Å². The third kappa shape index (κ3) is 4.01. The van der Waals surface area contributed by atoms with Gasteiger partial charge in [-0.15, -0.1) is 0 Å². The first-order valence-electron chi connectivity index (χ1n) is 12.6. The fraction of sp³-hybridized carbons (Fsp3) is 0.0303. The number of fused-ring (bicyclic) bond motifs is 3. The normalized spacial score (nSPS) is 15.2. The van der Waals surface area contributed by atoms with Gasteiger partial charge >= 0.3 is 0 Å². The lowest BCUT2D eigenvalue weighted by molar-refractivity contribution is 0.575. The fourth-order valence-corrected chi connectivity index (χ4v) is 5.48. The van der Waals surface area contributed by atoms with Crippen LogP contribution in [0.15, 0.2) is 142 Å². The Morgan fingerprint density at radius 2 is 1.05 bits per heavy atom. The summed E-state index contributed by atoms with van der Waals surface area (Å²) in [5.41, 5.74) is 6.60. The molecule has 1 unspecified atom stereocenters. The maximum Gasteiger partial charge on any atom is 0.224 e. The SMILES string of the molecule is Brc1ccc2c(c1)c1ccccc1n2C1N=C(c2ccccc2)NC(c2ccc(-c3ccccc3)cc2)=N1. The Morgan fingerprint density at radius 1 is 0.526 bits per heavy atom. The summed E-state index contributed by atoms with van der Waals surface area (Å²) in [5, 5.41) is 5.88. The van der Waals surface area contributed by atoms with Crippen molar-refractivity contribution < 1.29 is 0 Å². The minimum Gasteiger partial charge on any atom is -0.324 e. The van der Waals surface area contributed by atoms with Crippen molar-refractivity contribution in [1.82, 2.24) is 9.88 Å². The van der Waals surface area contributed by atoms with Crippen LogP contribution in [0, 0.1) is 0 Å². The van der Waals surface area contributed by atoms with E-state index in [9.17, 15) is 0 Å². The van der Waals surface area contributed by atoms with Gasteiger partial charge in [0.2, 0.25) is 6.29 Å². The largest absolute Gasteiger partial charge is 0.324 e. The number of para-hydroxylation sites is 1. The fourth-order valence-electron chi connectivity index (χ4n) is 5.12. The average molecular weight is 555 g/mol. The summed E-state index contributed by atoms with van der Waals surface area (Å²) in [6.45, 7) is 0. The van der Waals surface area contributed by atoms with E-state index in [1.54, 1.807) is 0 Å². The topological polar surface area (TPSA) is 41.7 Å². The van der Waals surface area contributed by atoms with Gasteiger partial charge in [-0.1, -0.05) is 119 Å². The van der Waals surface area contributed by atoms with E-state index in [0.29, 0.717) is 0 Å². The molecule has 5 aromatic carbocycles. The number of nitrogens with zero attached hydrogens (tertiary/aromatic N) is 3. The number of hydrogen-bond donors (Lipinski definition) is 1. The number of halogens is 1. The van der Waals surface area contributed by atoms with Gasteiger partial charge in [-0.2, -0.15) is 0 Å². The van der Waals surface area contributed by atoms with Crippen LogP contribution in [0.3, 0.4) is 0 Å². The van der Waals surface area contributed by atoms with Gasteiger partial charge in [0.25, 0.3) is 0 Å². The van der Waals surface area contributed by atoms with Crippen molar-refractivity contribution in [2.24, 2.45) is 9.98 Å². The van der Waals surface area contributed by atoms with Crippen LogP contribution in [0.1, 0.15) is 17.4 Å². The quantitative estimate of drug-likeness (QED) is 0.234. The predicted molar refractivity (Wildman–Crippen MR) is 161 cm³/mol. The summed E-state index contributed by atoms with van der Waals surface area (Å²) < 4.78 is 3.29. The lowest BCUT2D eigenvalue weighted by Crippen LogP contribution is -2.36. The summed E-state index contributed by atoms with van der Waals surface area (Å²) in [4.78, 5) is 10.3. The zero-order valence-corrected chi connectivity index (χ0v) is 22.0. The number of hydrogen-bond acceptors (Lipinski definition) is 3. The van der Waals surface area contributed by atoms with E-state index >= 15 is 0 Å². The molecule has 1 atom stereocenters. The third-order valence-corrected chi connectivity index (χ3v) is 7.43. The minimum atomic E-state index is -0.459. The number of benzene rings is 5. The number of rotatable bonds is 4. The maximum absolute atomic E-state index is 5.16. The monoisotopic (exact) mass is 554 g/mol. The Balaban J connectivity index is 1.39. The van der Waals surface area contributed by atoms with Crippen molar-refractivity contribution in [2.45, 2.75) is 6.29 Å². The third-order valence-electron chi connectivity index (χ3n) is 6.94. The molecule has 0 spiro atoms. The van der Waals surface area contributed by atoms with Gasteiger partial charge in [0, 0.05) is 26.4 Å². The first-order valence-corrected chi connectivity index (χ1v) is 13.4. The zero-order valence-electron chi connectivity index (χ0n) is 20.4. The summed E-state index contributed by atoms with van der Waals surface area (Å²) in [7, 11) is 0. The van der Waals surface area contributed by atoms with Crippen LogP contribution in [0.4, 0.5) is 0 Å². The van der Waals surface area contributed by atoms with E-state index in [-0.39, 0.29) is 0 Å². The Bertz CT molecular complexity index is 1840. The van der Waals surface area contributed by atoms with Crippen molar-refractivity contribution in [3.63, 3.8) is 0 Å². The van der Waals surface area contributed by atoms with Crippen molar-refractivity contribution in [3.05, 3.63) is 143 Å². The predicted octanol–water partition coefficient (Wildman–Crippen LogP) is 8.18. The summed E-state index contributed by atoms with van der Waals surface area (Å²) in [6, 6.07) is 44.1. The Hall–Kier alpha value is -4.48. The van der Waals surface area contributed by atoms with Crippen molar-refractivity contribution in [1.29, 1.82) is 0 Å². The molecule has 6 aromatic rings. The molecule has 0 amide bonds. The molecule has 0 aliphatic carbocycles. The highest BCUT2D eigenvalue weighted by atomic mass is 79.9. The highest BCUT2D eigenvalue weighted by molar-refractivity contribution is 9.10. The Labute approximate surface area is 229 Å². The summed E-state index contributed by atoms with van der Waals surface area (Å²) >= 11 is 3.65. The molecule has 38 heavy (non-hydrogen) atoms. The molecule has 182 valence electrons. The molecule has 0 radical (unpaired) electrons. The van der Waals surface area contributed by atoms with Crippen molar-refractivity contribution >= 4 is 49.4 Å². The number of aromatic nitrogens is 1. The van der Waals surface area contributed by atoms with Crippen LogP contribution in [-0.2, 0) is 0 Å². The van der Waals surface area contributed by atoms with Gasteiger partial charge in [0.15, 0.2) is 0 Å². The van der Waals surface area contributed by atoms with E-state index in [0.717, 1.165) is 38.3 Å². The van der Waals surface area contributed by atoms with Crippen LogP contribution in [0.2, 0.25) is 0 Å². The second-order valence-corrected chi connectivity index (χ2v) is 10.2. The second kappa shape index (κ2) is 9.43. The summed E-state index contributed by atoms with van der Waals surface area (Å²) in [6.07, 6.45) is -0.459. The van der Waals surface area contributed by atoms with E-state index in [1.165, 1.54) is 21.9 Å². The second-order valence-electron chi connectivity index (χ2n) is 9.28. The number of aliphatic imine (C=N–C) groups is 2. The molecule has 1 aromatic heterocycles. The molecular formula is C33H23BrN4. The van der Waals surface area contributed by atoms with Crippen LogP contribution in [-0.4, -0.2) is 16.2 Å². The zero-order chi connectivity index (χ0) is 25.5.